The molecule has 1 aromatic rings. The number of nitrogens with zero attached hydrogens (tertiary/aromatic N) is 1. The third kappa shape index (κ3) is 4.09. The average Bonchev–Trinajstić information content (AvgIpc) is 2.48. The zero-order valence-electron chi connectivity index (χ0n) is 11.8. The van der Waals surface area contributed by atoms with E-state index in [-0.39, 0.29) is 18.1 Å². The van der Waals surface area contributed by atoms with Crippen LogP contribution in [0, 0.1) is 0 Å². The van der Waals surface area contributed by atoms with Crippen molar-refractivity contribution in [2.75, 3.05) is 30.3 Å². The predicted octanol–water partition coefficient (Wildman–Crippen LogP) is 2.44. The Labute approximate surface area is 138 Å². The van der Waals surface area contributed by atoms with Crippen molar-refractivity contribution in [1.82, 2.24) is 4.90 Å². The van der Waals surface area contributed by atoms with Crippen LogP contribution in [0.2, 0.25) is 0 Å². The van der Waals surface area contributed by atoms with Crippen LogP contribution in [0.5, 0.6) is 0 Å². The van der Waals surface area contributed by atoms with Crippen molar-refractivity contribution in [3.63, 3.8) is 0 Å². The molecule has 116 valence electrons. The number of halogens is 1. The predicted molar refractivity (Wildman–Crippen MR) is 90.6 cm³/mol. The van der Waals surface area contributed by atoms with Crippen LogP contribution in [0.25, 0.3) is 0 Å². The molecule has 1 aliphatic heterocycles. The van der Waals surface area contributed by atoms with Gasteiger partial charge in [0.05, 0.1) is 6.54 Å². The molecule has 1 unspecified atom stereocenters. The molecule has 1 saturated heterocycles. The molecule has 0 spiro atoms. The molecular weight excluding hydrogens is 374 g/mol. The monoisotopic (exact) mass is 391 g/mol. The van der Waals surface area contributed by atoms with E-state index in [1.807, 2.05) is 18.2 Å². The molecule has 0 N–H and O–H groups in total. The molecule has 21 heavy (non-hydrogen) atoms. The molecule has 7 heteroatoms. The van der Waals surface area contributed by atoms with Crippen LogP contribution < -0.4 is 0 Å². The summed E-state index contributed by atoms with van der Waals surface area (Å²) in [6.07, 6.45) is 0. The maximum atomic E-state index is 12.4. The van der Waals surface area contributed by atoms with E-state index in [1.54, 1.807) is 29.7 Å². The second-order valence-corrected chi connectivity index (χ2v) is 9.31. The smallest absolute Gasteiger partial charge is 0.177 e. The summed E-state index contributed by atoms with van der Waals surface area (Å²) >= 11 is 5.00. The highest BCUT2D eigenvalue weighted by Gasteiger charge is 2.34. The molecule has 0 amide bonds. The van der Waals surface area contributed by atoms with E-state index in [2.05, 4.69) is 15.9 Å². The molecule has 1 fully saturated rings. The molecule has 2 rings (SSSR count). The molecule has 1 aromatic carbocycles. The summed E-state index contributed by atoms with van der Waals surface area (Å²) in [5, 5.41) is -0.548. The van der Waals surface area contributed by atoms with Crippen LogP contribution >= 0.6 is 27.7 Å². The van der Waals surface area contributed by atoms with Gasteiger partial charge in [-0.3, -0.25) is 9.69 Å². The quantitative estimate of drug-likeness (QED) is 0.721. The summed E-state index contributed by atoms with van der Waals surface area (Å²) < 4.78 is 25.1. The Morgan fingerprint density at radius 2 is 2.14 bits per heavy atom. The van der Waals surface area contributed by atoms with Gasteiger partial charge in [-0.25, -0.2) is 8.42 Å². The maximum Gasteiger partial charge on any atom is 0.177 e. The second-order valence-electron chi connectivity index (χ2n) is 4.85. The van der Waals surface area contributed by atoms with Gasteiger partial charge >= 0.3 is 0 Å². The van der Waals surface area contributed by atoms with Crippen LogP contribution in [0.4, 0.5) is 0 Å². The van der Waals surface area contributed by atoms with E-state index < -0.39 is 15.2 Å². The molecule has 0 aromatic heterocycles. The van der Waals surface area contributed by atoms with Crippen LogP contribution in [0.1, 0.15) is 17.3 Å². The lowest BCUT2D eigenvalue weighted by molar-refractivity contribution is 0.0927. The number of benzene rings is 1. The summed E-state index contributed by atoms with van der Waals surface area (Å²) in [7, 11) is -3.17. The largest absolute Gasteiger partial charge is 0.293 e. The number of thioether (sulfide) groups is 1. The first-order valence-corrected chi connectivity index (χ1v) is 10.4. The van der Waals surface area contributed by atoms with Crippen LogP contribution in [0.15, 0.2) is 28.7 Å². The SMILES string of the molecule is CCS(=O)(=O)C1CSCCN1CC(=O)c1ccccc1Br. The molecule has 0 bridgehead atoms. The van der Waals surface area contributed by atoms with E-state index in [0.717, 1.165) is 10.2 Å². The first-order chi connectivity index (χ1) is 9.95. The van der Waals surface area contributed by atoms with Crippen molar-refractivity contribution in [2.24, 2.45) is 0 Å². The number of hydrogen-bond acceptors (Lipinski definition) is 5. The van der Waals surface area contributed by atoms with Crippen LogP contribution in [0.3, 0.4) is 0 Å². The summed E-state index contributed by atoms with van der Waals surface area (Å²) in [5.41, 5.74) is 0.600. The van der Waals surface area contributed by atoms with Crippen molar-refractivity contribution in [3.8, 4) is 0 Å². The van der Waals surface area contributed by atoms with E-state index in [1.165, 1.54) is 0 Å². The Balaban J connectivity index is 2.17. The molecule has 0 aliphatic carbocycles. The number of Topliss-reactive ketones (excluding diaryl/α,β-unsaturated/α-hetero) is 1. The summed E-state index contributed by atoms with van der Waals surface area (Å²) in [6.45, 7) is 2.43. The fraction of sp³-hybridized carbons (Fsp3) is 0.500. The highest BCUT2D eigenvalue weighted by Crippen LogP contribution is 2.23. The number of rotatable bonds is 5. The molecule has 0 radical (unpaired) electrons. The van der Waals surface area contributed by atoms with Gasteiger partial charge in [-0.1, -0.05) is 41.1 Å². The number of carbonyl (C=O) groups excluding carboxylic acids is 1. The van der Waals surface area contributed by atoms with Crippen LogP contribution in [-0.4, -0.2) is 54.8 Å². The Morgan fingerprint density at radius 3 is 2.81 bits per heavy atom. The van der Waals surface area contributed by atoms with Crippen molar-refractivity contribution in [3.05, 3.63) is 34.3 Å². The first-order valence-electron chi connectivity index (χ1n) is 6.77. The average molecular weight is 392 g/mol. The summed E-state index contributed by atoms with van der Waals surface area (Å²) in [5.74, 6) is 1.46. The zero-order valence-corrected chi connectivity index (χ0v) is 15.0. The Bertz CT molecular complexity index is 618. The number of hydrogen-bond donors (Lipinski definition) is 0. The highest BCUT2D eigenvalue weighted by atomic mass is 79.9. The van der Waals surface area contributed by atoms with E-state index >= 15 is 0 Å². The van der Waals surface area contributed by atoms with Gasteiger partial charge in [-0.2, -0.15) is 11.8 Å². The van der Waals surface area contributed by atoms with Gasteiger partial charge in [0.25, 0.3) is 0 Å². The number of carbonyl (C=O) groups is 1. The van der Waals surface area contributed by atoms with Gasteiger partial charge in [0, 0.05) is 33.8 Å². The van der Waals surface area contributed by atoms with E-state index in [0.29, 0.717) is 17.9 Å². The molecule has 1 heterocycles. The van der Waals surface area contributed by atoms with Crippen molar-refractivity contribution in [1.29, 1.82) is 0 Å². The Hall–Kier alpha value is -0.370. The lowest BCUT2D eigenvalue weighted by atomic mass is 10.1. The second kappa shape index (κ2) is 7.26. The van der Waals surface area contributed by atoms with Crippen molar-refractivity contribution < 1.29 is 13.2 Å². The fourth-order valence-electron chi connectivity index (χ4n) is 2.28. The minimum atomic E-state index is -3.17. The Kier molecular flexibility index (Phi) is 5.88. The van der Waals surface area contributed by atoms with E-state index in [9.17, 15) is 13.2 Å². The minimum Gasteiger partial charge on any atom is -0.293 e. The Morgan fingerprint density at radius 1 is 1.43 bits per heavy atom. The van der Waals surface area contributed by atoms with Gasteiger partial charge in [0.15, 0.2) is 15.6 Å². The number of sulfone groups is 1. The van der Waals surface area contributed by atoms with Crippen molar-refractivity contribution >= 4 is 43.3 Å². The fourth-order valence-corrected chi connectivity index (χ4v) is 5.86. The van der Waals surface area contributed by atoms with Gasteiger partial charge in [-0.05, 0) is 6.07 Å². The molecule has 0 saturated carbocycles. The van der Waals surface area contributed by atoms with Gasteiger partial charge < -0.3 is 0 Å². The third-order valence-corrected chi connectivity index (χ3v) is 7.55. The zero-order chi connectivity index (χ0) is 15.5. The summed E-state index contributed by atoms with van der Waals surface area (Å²) in [6, 6.07) is 7.24. The molecule has 1 aliphatic rings. The molecule has 4 nitrogen and oxygen atoms in total. The molecule has 1 atom stereocenters. The lowest BCUT2D eigenvalue weighted by Crippen LogP contribution is -2.49. The normalized spacial score (nSPS) is 20.4. The van der Waals surface area contributed by atoms with Gasteiger partial charge in [-0.15, -0.1) is 0 Å². The lowest BCUT2D eigenvalue weighted by Gasteiger charge is -2.34. The van der Waals surface area contributed by atoms with Gasteiger partial charge in [0.1, 0.15) is 5.37 Å². The third-order valence-electron chi connectivity index (χ3n) is 3.53. The van der Waals surface area contributed by atoms with Gasteiger partial charge in [0.2, 0.25) is 0 Å². The van der Waals surface area contributed by atoms with E-state index in [4.69, 9.17) is 0 Å². The summed E-state index contributed by atoms with van der Waals surface area (Å²) in [4.78, 5) is 14.2. The standard InChI is InChI=1S/C14H18BrNO3S2/c1-2-21(18,19)14-10-20-8-7-16(14)9-13(17)11-5-3-4-6-12(11)15/h3-6,14H,2,7-10H2,1H3. The number of ketones is 1. The highest BCUT2D eigenvalue weighted by molar-refractivity contribution is 9.10. The maximum absolute atomic E-state index is 12.4. The minimum absolute atomic E-state index is 0.0503. The first kappa shape index (κ1) is 17.0. The van der Waals surface area contributed by atoms with Crippen LogP contribution in [-0.2, 0) is 9.84 Å². The topological polar surface area (TPSA) is 54.5 Å². The van der Waals surface area contributed by atoms with Crippen molar-refractivity contribution in [2.45, 2.75) is 12.3 Å². The molecular formula is C14H18BrNO3S2.